The highest BCUT2D eigenvalue weighted by Crippen LogP contribution is 2.32. The molecule has 30 heavy (non-hydrogen) atoms. The van der Waals surface area contributed by atoms with E-state index in [2.05, 4.69) is 4.98 Å². The summed E-state index contributed by atoms with van der Waals surface area (Å²) in [4.78, 5) is 19.3. The Balaban J connectivity index is 1.36. The average molecular weight is 428 g/mol. The normalized spacial score (nSPS) is 20.4. The van der Waals surface area contributed by atoms with Gasteiger partial charge in [0.25, 0.3) is 0 Å². The number of hydrogen-bond acceptors (Lipinski definition) is 4. The second kappa shape index (κ2) is 9.27. The Labute approximate surface area is 179 Å². The lowest BCUT2D eigenvalue weighted by molar-refractivity contribution is -0.132. The first-order chi connectivity index (χ1) is 14.6. The van der Waals surface area contributed by atoms with Crippen molar-refractivity contribution in [3.63, 3.8) is 0 Å². The number of aromatic nitrogens is 1. The van der Waals surface area contributed by atoms with Gasteiger partial charge in [-0.15, -0.1) is 0 Å². The summed E-state index contributed by atoms with van der Waals surface area (Å²) in [5.41, 5.74) is 2.08. The maximum atomic E-state index is 12.8. The molecular weight excluding hydrogens is 398 g/mol. The van der Waals surface area contributed by atoms with Gasteiger partial charge in [0.15, 0.2) is 0 Å². The molecule has 0 spiro atoms. The molecular formula is C23H29N3O3S. The molecule has 0 saturated carbocycles. The molecule has 3 heterocycles. The summed E-state index contributed by atoms with van der Waals surface area (Å²) in [5.74, 6) is 0.145. The highest BCUT2D eigenvalue weighted by atomic mass is 32.2. The molecule has 2 aliphatic rings. The first-order valence-corrected chi connectivity index (χ1v) is 12.3. The molecule has 1 atom stereocenters. The van der Waals surface area contributed by atoms with Crippen LogP contribution in [-0.4, -0.2) is 48.1 Å². The van der Waals surface area contributed by atoms with Crippen molar-refractivity contribution in [1.29, 1.82) is 0 Å². The number of carbonyl (C=O) groups excluding carboxylic acids is 1. The third-order valence-corrected chi connectivity index (χ3v) is 8.06. The Kier molecular flexibility index (Phi) is 6.49. The van der Waals surface area contributed by atoms with Crippen molar-refractivity contribution in [1.82, 2.24) is 14.2 Å². The van der Waals surface area contributed by atoms with Crippen LogP contribution in [0, 0.1) is 0 Å². The fraction of sp³-hybridized carbons (Fsp3) is 0.478. The van der Waals surface area contributed by atoms with E-state index in [1.165, 1.54) is 0 Å². The van der Waals surface area contributed by atoms with E-state index in [4.69, 9.17) is 0 Å². The van der Waals surface area contributed by atoms with Crippen LogP contribution in [0.1, 0.15) is 55.7 Å². The van der Waals surface area contributed by atoms with Crippen molar-refractivity contribution in [3.05, 3.63) is 59.9 Å². The molecule has 0 N–H and O–H groups in total. The summed E-state index contributed by atoms with van der Waals surface area (Å²) in [5, 5.41) is 0. The fourth-order valence-corrected chi connectivity index (χ4v) is 5.98. The van der Waals surface area contributed by atoms with E-state index in [0.717, 1.165) is 49.8 Å². The van der Waals surface area contributed by atoms with Gasteiger partial charge in [-0.05, 0) is 61.4 Å². The van der Waals surface area contributed by atoms with Gasteiger partial charge in [0.05, 0.1) is 10.9 Å². The molecule has 2 aliphatic heterocycles. The van der Waals surface area contributed by atoms with Gasteiger partial charge in [0, 0.05) is 38.4 Å². The van der Waals surface area contributed by atoms with Crippen LogP contribution in [0.5, 0.6) is 0 Å². The molecule has 1 aromatic heterocycles. The molecule has 0 bridgehead atoms. The molecule has 160 valence electrons. The lowest BCUT2D eigenvalue weighted by atomic mass is 10.1. The number of piperidine rings is 1. The predicted octanol–water partition coefficient (Wildman–Crippen LogP) is 3.55. The SMILES string of the molecule is O=C(CCc1ccc(S(=O)(=O)N2CCCCC2)cc1)N1CCC[C@H]1c1cccnc1. The number of sulfonamides is 1. The number of rotatable bonds is 6. The largest absolute Gasteiger partial charge is 0.336 e. The number of benzene rings is 1. The van der Waals surface area contributed by atoms with Crippen LogP contribution in [-0.2, 0) is 21.2 Å². The lowest BCUT2D eigenvalue weighted by Gasteiger charge is -2.26. The predicted molar refractivity (Wildman–Crippen MR) is 115 cm³/mol. The summed E-state index contributed by atoms with van der Waals surface area (Å²) in [6.07, 6.45) is 9.56. The van der Waals surface area contributed by atoms with E-state index in [1.54, 1.807) is 22.6 Å². The van der Waals surface area contributed by atoms with Gasteiger partial charge in [-0.3, -0.25) is 9.78 Å². The van der Waals surface area contributed by atoms with Gasteiger partial charge in [-0.25, -0.2) is 8.42 Å². The molecule has 6 nitrogen and oxygen atoms in total. The minimum atomic E-state index is -3.41. The van der Waals surface area contributed by atoms with Crippen LogP contribution < -0.4 is 0 Å². The first-order valence-electron chi connectivity index (χ1n) is 10.8. The van der Waals surface area contributed by atoms with Crippen molar-refractivity contribution in [2.24, 2.45) is 0 Å². The summed E-state index contributed by atoms with van der Waals surface area (Å²) in [6.45, 7) is 1.99. The molecule has 1 aromatic carbocycles. The Morgan fingerprint density at radius 1 is 1.00 bits per heavy atom. The van der Waals surface area contributed by atoms with E-state index in [9.17, 15) is 13.2 Å². The van der Waals surface area contributed by atoms with E-state index < -0.39 is 10.0 Å². The van der Waals surface area contributed by atoms with Crippen molar-refractivity contribution in [2.45, 2.75) is 55.9 Å². The zero-order valence-electron chi connectivity index (χ0n) is 17.2. The van der Waals surface area contributed by atoms with Crippen LogP contribution in [0.15, 0.2) is 53.7 Å². The maximum Gasteiger partial charge on any atom is 0.243 e. The van der Waals surface area contributed by atoms with E-state index in [0.29, 0.717) is 30.8 Å². The zero-order chi connectivity index (χ0) is 21.0. The van der Waals surface area contributed by atoms with Gasteiger partial charge in [-0.2, -0.15) is 4.31 Å². The smallest absolute Gasteiger partial charge is 0.243 e. The van der Waals surface area contributed by atoms with Crippen LogP contribution in [0.2, 0.25) is 0 Å². The number of hydrogen-bond donors (Lipinski definition) is 0. The third-order valence-electron chi connectivity index (χ3n) is 6.15. The topological polar surface area (TPSA) is 70.6 Å². The quantitative estimate of drug-likeness (QED) is 0.707. The van der Waals surface area contributed by atoms with E-state index in [-0.39, 0.29) is 11.9 Å². The van der Waals surface area contributed by atoms with Crippen molar-refractivity contribution in [3.8, 4) is 0 Å². The van der Waals surface area contributed by atoms with Crippen LogP contribution in [0.25, 0.3) is 0 Å². The highest BCUT2D eigenvalue weighted by Gasteiger charge is 2.30. The van der Waals surface area contributed by atoms with E-state index in [1.807, 2.05) is 35.4 Å². The highest BCUT2D eigenvalue weighted by molar-refractivity contribution is 7.89. The van der Waals surface area contributed by atoms with Gasteiger partial charge >= 0.3 is 0 Å². The standard InChI is InChI=1S/C23H29N3O3S/c27-23(26-17-5-7-22(26)20-6-4-14-24-18-20)13-10-19-8-11-21(12-9-19)30(28,29)25-15-2-1-3-16-25/h4,6,8-9,11-12,14,18,22H,1-3,5,7,10,13,15-17H2/t22-/m0/s1. The molecule has 2 saturated heterocycles. The maximum absolute atomic E-state index is 12.8. The number of nitrogens with zero attached hydrogens (tertiary/aromatic N) is 3. The van der Waals surface area contributed by atoms with Crippen molar-refractivity contribution >= 4 is 15.9 Å². The van der Waals surface area contributed by atoms with Gasteiger partial charge in [0.1, 0.15) is 0 Å². The molecule has 0 aliphatic carbocycles. The molecule has 2 fully saturated rings. The Bertz CT molecular complexity index is 955. The average Bonchev–Trinajstić information content (AvgIpc) is 3.29. The summed E-state index contributed by atoms with van der Waals surface area (Å²) in [7, 11) is -3.41. The van der Waals surface area contributed by atoms with Crippen LogP contribution in [0.4, 0.5) is 0 Å². The number of likely N-dealkylation sites (tertiary alicyclic amines) is 1. The molecule has 7 heteroatoms. The van der Waals surface area contributed by atoms with Crippen LogP contribution >= 0.6 is 0 Å². The Morgan fingerprint density at radius 2 is 1.77 bits per heavy atom. The molecule has 0 radical (unpaired) electrons. The number of pyridine rings is 1. The molecule has 1 amide bonds. The number of aryl methyl sites for hydroxylation is 1. The monoisotopic (exact) mass is 427 g/mol. The molecule has 2 aromatic rings. The zero-order valence-corrected chi connectivity index (χ0v) is 18.1. The minimum Gasteiger partial charge on any atom is -0.336 e. The lowest BCUT2D eigenvalue weighted by Crippen LogP contribution is -2.35. The Hall–Kier alpha value is -2.25. The second-order valence-corrected chi connectivity index (χ2v) is 10.1. The number of carbonyl (C=O) groups is 1. The Morgan fingerprint density at radius 3 is 2.47 bits per heavy atom. The first kappa shape index (κ1) is 21.0. The van der Waals surface area contributed by atoms with Gasteiger partial charge < -0.3 is 4.90 Å². The molecule has 0 unspecified atom stereocenters. The van der Waals surface area contributed by atoms with Crippen LogP contribution in [0.3, 0.4) is 0 Å². The summed E-state index contributed by atoms with van der Waals surface area (Å²) >= 11 is 0. The fourth-order valence-electron chi connectivity index (χ4n) is 4.46. The van der Waals surface area contributed by atoms with Gasteiger partial charge in [-0.1, -0.05) is 24.6 Å². The van der Waals surface area contributed by atoms with Crippen molar-refractivity contribution < 1.29 is 13.2 Å². The minimum absolute atomic E-state index is 0.114. The summed E-state index contributed by atoms with van der Waals surface area (Å²) in [6, 6.07) is 11.1. The summed E-state index contributed by atoms with van der Waals surface area (Å²) < 4.78 is 27.1. The second-order valence-electron chi connectivity index (χ2n) is 8.14. The van der Waals surface area contributed by atoms with E-state index >= 15 is 0 Å². The van der Waals surface area contributed by atoms with Gasteiger partial charge in [0.2, 0.25) is 15.9 Å². The third kappa shape index (κ3) is 4.57. The molecule has 4 rings (SSSR count). The number of amides is 1. The van der Waals surface area contributed by atoms with Crippen molar-refractivity contribution in [2.75, 3.05) is 19.6 Å².